The number of nitrogens with one attached hydrogen (secondary N) is 1. The maximum atomic E-state index is 11.9. The highest BCUT2D eigenvalue weighted by atomic mass is 16.6. The Morgan fingerprint density at radius 1 is 1.11 bits per heavy atom. The Hall–Kier alpha value is -3.94. The van der Waals surface area contributed by atoms with Crippen LogP contribution in [-0.4, -0.2) is 30.8 Å². The SMILES string of the molecule is COc1ccc(C=NNC(=O)COc2ccc([N+](=O)[O-])cc2)c2ccccc12. The number of carbonyl (C=O) groups excluding carboxylic acids is 1. The largest absolute Gasteiger partial charge is 0.496 e. The number of methoxy groups -OCH3 is 1. The van der Waals surface area contributed by atoms with E-state index in [0.717, 1.165) is 22.1 Å². The van der Waals surface area contributed by atoms with Gasteiger partial charge in [-0.05, 0) is 29.7 Å². The first-order chi connectivity index (χ1) is 13.6. The molecular formula is C20H17N3O5. The van der Waals surface area contributed by atoms with Crippen molar-refractivity contribution >= 4 is 28.6 Å². The molecule has 0 aliphatic carbocycles. The van der Waals surface area contributed by atoms with Crippen molar-refractivity contribution in [2.45, 2.75) is 0 Å². The van der Waals surface area contributed by atoms with E-state index in [1.807, 2.05) is 36.4 Å². The number of nitro groups is 1. The number of nitro benzene ring substituents is 1. The van der Waals surface area contributed by atoms with Crippen molar-refractivity contribution in [2.24, 2.45) is 5.10 Å². The van der Waals surface area contributed by atoms with E-state index < -0.39 is 10.8 Å². The van der Waals surface area contributed by atoms with Crippen LogP contribution in [0.5, 0.6) is 11.5 Å². The van der Waals surface area contributed by atoms with Crippen LogP contribution < -0.4 is 14.9 Å². The molecule has 0 fully saturated rings. The Morgan fingerprint density at radius 2 is 1.82 bits per heavy atom. The van der Waals surface area contributed by atoms with Crippen molar-refractivity contribution < 1.29 is 19.2 Å². The van der Waals surface area contributed by atoms with Gasteiger partial charge in [0, 0.05) is 23.1 Å². The maximum absolute atomic E-state index is 11.9. The third kappa shape index (κ3) is 4.42. The highest BCUT2D eigenvalue weighted by Gasteiger charge is 2.07. The van der Waals surface area contributed by atoms with E-state index in [1.165, 1.54) is 24.3 Å². The summed E-state index contributed by atoms with van der Waals surface area (Å²) in [5.74, 6) is 0.659. The number of nitrogens with zero attached hydrogens (tertiary/aromatic N) is 2. The van der Waals surface area contributed by atoms with Crippen molar-refractivity contribution in [1.29, 1.82) is 0 Å². The van der Waals surface area contributed by atoms with Gasteiger partial charge in [0.15, 0.2) is 6.61 Å². The second-order valence-electron chi connectivity index (χ2n) is 5.74. The van der Waals surface area contributed by atoms with Crippen molar-refractivity contribution in [1.82, 2.24) is 5.43 Å². The summed E-state index contributed by atoms with van der Waals surface area (Å²) < 4.78 is 10.6. The first kappa shape index (κ1) is 18.8. The molecule has 0 saturated heterocycles. The highest BCUT2D eigenvalue weighted by Crippen LogP contribution is 2.27. The number of carbonyl (C=O) groups is 1. The van der Waals surface area contributed by atoms with Crippen LogP contribution in [0.4, 0.5) is 5.69 Å². The molecule has 0 aliphatic rings. The molecule has 0 bridgehead atoms. The summed E-state index contributed by atoms with van der Waals surface area (Å²) in [6.07, 6.45) is 1.55. The maximum Gasteiger partial charge on any atom is 0.277 e. The monoisotopic (exact) mass is 379 g/mol. The molecule has 0 unspecified atom stereocenters. The number of benzene rings is 3. The van der Waals surface area contributed by atoms with Gasteiger partial charge < -0.3 is 9.47 Å². The van der Waals surface area contributed by atoms with Crippen molar-refractivity contribution in [3.63, 3.8) is 0 Å². The average molecular weight is 379 g/mol. The van der Waals surface area contributed by atoms with Crippen LogP contribution in [0.2, 0.25) is 0 Å². The summed E-state index contributed by atoms with van der Waals surface area (Å²) in [5.41, 5.74) is 3.17. The van der Waals surface area contributed by atoms with Crippen LogP contribution >= 0.6 is 0 Å². The Labute approximate surface area is 160 Å². The minimum Gasteiger partial charge on any atom is -0.496 e. The molecule has 3 aromatic carbocycles. The van der Waals surface area contributed by atoms with Gasteiger partial charge in [0.25, 0.3) is 11.6 Å². The number of fused-ring (bicyclic) bond motifs is 1. The van der Waals surface area contributed by atoms with Gasteiger partial charge in [0.1, 0.15) is 11.5 Å². The molecule has 0 saturated carbocycles. The molecule has 0 radical (unpaired) electrons. The third-order valence-electron chi connectivity index (χ3n) is 3.95. The molecule has 142 valence electrons. The molecule has 0 aliphatic heterocycles. The van der Waals surface area contributed by atoms with Crippen LogP contribution in [0.15, 0.2) is 65.8 Å². The van der Waals surface area contributed by atoms with E-state index in [-0.39, 0.29) is 12.3 Å². The predicted molar refractivity (Wildman–Crippen MR) is 105 cm³/mol. The predicted octanol–water partition coefficient (Wildman–Crippen LogP) is 3.29. The summed E-state index contributed by atoms with van der Waals surface area (Å²) in [4.78, 5) is 22.0. The van der Waals surface area contributed by atoms with Crippen LogP contribution in [0.3, 0.4) is 0 Å². The quantitative estimate of drug-likeness (QED) is 0.385. The smallest absolute Gasteiger partial charge is 0.277 e. The number of amides is 1. The van der Waals surface area contributed by atoms with Gasteiger partial charge in [-0.3, -0.25) is 14.9 Å². The number of hydrogen-bond donors (Lipinski definition) is 1. The van der Waals surface area contributed by atoms with Crippen molar-refractivity contribution in [3.05, 3.63) is 76.3 Å². The molecule has 3 aromatic rings. The molecule has 1 amide bonds. The number of hydrazone groups is 1. The van der Waals surface area contributed by atoms with E-state index in [1.54, 1.807) is 13.3 Å². The normalized spacial score (nSPS) is 10.8. The number of hydrogen-bond acceptors (Lipinski definition) is 6. The van der Waals surface area contributed by atoms with Crippen LogP contribution in [-0.2, 0) is 4.79 Å². The first-order valence-electron chi connectivity index (χ1n) is 8.33. The van der Waals surface area contributed by atoms with Crippen molar-refractivity contribution in [3.8, 4) is 11.5 Å². The zero-order valence-electron chi connectivity index (χ0n) is 15.0. The van der Waals surface area contributed by atoms with Crippen LogP contribution in [0.25, 0.3) is 10.8 Å². The van der Waals surface area contributed by atoms with Crippen LogP contribution in [0.1, 0.15) is 5.56 Å². The third-order valence-corrected chi connectivity index (χ3v) is 3.95. The number of ether oxygens (including phenoxy) is 2. The van der Waals surface area contributed by atoms with Gasteiger partial charge in [-0.15, -0.1) is 0 Å². The van der Waals surface area contributed by atoms with E-state index in [9.17, 15) is 14.9 Å². The zero-order chi connectivity index (χ0) is 19.9. The van der Waals surface area contributed by atoms with E-state index >= 15 is 0 Å². The molecule has 0 spiro atoms. The van der Waals surface area contributed by atoms with Crippen molar-refractivity contribution in [2.75, 3.05) is 13.7 Å². The van der Waals surface area contributed by atoms with E-state index in [4.69, 9.17) is 9.47 Å². The molecule has 28 heavy (non-hydrogen) atoms. The Balaban J connectivity index is 1.59. The molecule has 3 rings (SSSR count). The lowest BCUT2D eigenvalue weighted by molar-refractivity contribution is -0.384. The van der Waals surface area contributed by atoms with Crippen LogP contribution in [0, 0.1) is 10.1 Å². The molecule has 8 nitrogen and oxygen atoms in total. The molecule has 0 aromatic heterocycles. The van der Waals surface area contributed by atoms with Gasteiger partial charge in [-0.1, -0.05) is 24.3 Å². The molecular weight excluding hydrogens is 362 g/mol. The second-order valence-corrected chi connectivity index (χ2v) is 5.74. The van der Waals surface area contributed by atoms with Gasteiger partial charge in [0.05, 0.1) is 18.2 Å². The van der Waals surface area contributed by atoms with Gasteiger partial charge >= 0.3 is 0 Å². The fourth-order valence-electron chi connectivity index (χ4n) is 2.60. The highest BCUT2D eigenvalue weighted by molar-refractivity contribution is 6.02. The Kier molecular flexibility index (Phi) is 5.81. The van der Waals surface area contributed by atoms with Gasteiger partial charge in [0.2, 0.25) is 0 Å². The van der Waals surface area contributed by atoms with Gasteiger partial charge in [-0.2, -0.15) is 5.10 Å². The minimum absolute atomic E-state index is 0.0480. The number of non-ortho nitro benzene ring substituents is 1. The number of rotatable bonds is 7. The summed E-state index contributed by atoms with van der Waals surface area (Å²) in [7, 11) is 1.61. The topological polar surface area (TPSA) is 103 Å². The summed E-state index contributed by atoms with van der Waals surface area (Å²) in [6.45, 7) is -0.265. The van der Waals surface area contributed by atoms with E-state index in [0.29, 0.717) is 5.75 Å². The zero-order valence-corrected chi connectivity index (χ0v) is 15.0. The Morgan fingerprint density at radius 3 is 2.50 bits per heavy atom. The standard InChI is InChI=1S/C20H17N3O5/c1-27-19-11-6-14(17-4-2-3-5-18(17)19)12-21-22-20(24)13-28-16-9-7-15(8-10-16)23(25)26/h2-12H,13H2,1H3,(H,22,24). The molecule has 1 N–H and O–H groups in total. The summed E-state index contributed by atoms with van der Waals surface area (Å²) in [6, 6.07) is 16.9. The second kappa shape index (κ2) is 8.63. The minimum atomic E-state index is -0.506. The van der Waals surface area contributed by atoms with E-state index in [2.05, 4.69) is 10.5 Å². The molecule has 0 atom stereocenters. The fourth-order valence-corrected chi connectivity index (χ4v) is 2.60. The molecule has 8 heteroatoms. The van der Waals surface area contributed by atoms with Gasteiger partial charge in [-0.25, -0.2) is 5.43 Å². The fraction of sp³-hybridized carbons (Fsp3) is 0.100. The summed E-state index contributed by atoms with van der Waals surface area (Å²) >= 11 is 0. The lowest BCUT2D eigenvalue weighted by Gasteiger charge is -2.07. The lowest BCUT2D eigenvalue weighted by Crippen LogP contribution is -2.24. The summed E-state index contributed by atoms with van der Waals surface area (Å²) in [5, 5.41) is 16.5. The average Bonchev–Trinajstić information content (AvgIpc) is 2.72. The lowest BCUT2D eigenvalue weighted by atomic mass is 10.0. The first-order valence-corrected chi connectivity index (χ1v) is 8.33. The Bertz CT molecular complexity index is 1030. The molecule has 0 heterocycles.